The molecular formula is C18H21FO2. The summed E-state index contributed by atoms with van der Waals surface area (Å²) in [5.41, 5.74) is 1.76. The van der Waals surface area contributed by atoms with Gasteiger partial charge in [0, 0.05) is 6.42 Å². The van der Waals surface area contributed by atoms with Crippen LogP contribution < -0.4 is 4.74 Å². The van der Waals surface area contributed by atoms with E-state index in [9.17, 15) is 9.50 Å². The minimum absolute atomic E-state index is 0.226. The molecule has 0 spiro atoms. The van der Waals surface area contributed by atoms with Crippen LogP contribution in [0.4, 0.5) is 4.39 Å². The number of ether oxygens (including phenoxy) is 1. The molecule has 0 aliphatic rings. The number of hydrogen-bond donors (Lipinski definition) is 1. The van der Waals surface area contributed by atoms with Crippen LogP contribution in [0.1, 0.15) is 24.0 Å². The van der Waals surface area contributed by atoms with Gasteiger partial charge in [0.1, 0.15) is 0 Å². The molecule has 0 radical (unpaired) electrons. The maximum atomic E-state index is 14.0. The Morgan fingerprint density at radius 3 is 2.57 bits per heavy atom. The monoisotopic (exact) mass is 288 g/mol. The zero-order valence-corrected chi connectivity index (χ0v) is 12.3. The number of aliphatic hydroxyl groups excluding tert-OH is 1. The Bertz CT molecular complexity index is 554. The standard InChI is InChI=1S/C18H21FO2/c1-21-17-12-6-10-15(18(17)19)13-16(20)11-5-9-14-7-3-2-4-8-14/h2-4,6-8,10,12,16,20H,5,9,11,13H2,1H3. The summed E-state index contributed by atoms with van der Waals surface area (Å²) >= 11 is 0. The average molecular weight is 288 g/mol. The van der Waals surface area contributed by atoms with Crippen molar-refractivity contribution in [2.24, 2.45) is 0 Å². The number of aryl methyl sites for hydroxylation is 1. The number of halogens is 1. The van der Waals surface area contributed by atoms with E-state index in [-0.39, 0.29) is 11.6 Å². The number of methoxy groups -OCH3 is 1. The second-order valence-electron chi connectivity index (χ2n) is 5.17. The van der Waals surface area contributed by atoms with Gasteiger partial charge in [-0.15, -0.1) is 0 Å². The fraction of sp³-hybridized carbons (Fsp3) is 0.333. The summed E-state index contributed by atoms with van der Waals surface area (Å²) in [6.07, 6.45) is 2.26. The first kappa shape index (κ1) is 15.5. The Kier molecular flexibility index (Phi) is 5.76. The van der Waals surface area contributed by atoms with Crippen LogP contribution in [0.3, 0.4) is 0 Å². The molecular weight excluding hydrogens is 267 g/mol. The molecule has 0 aromatic heterocycles. The third kappa shape index (κ3) is 4.57. The van der Waals surface area contributed by atoms with Crippen LogP contribution in [0.5, 0.6) is 5.75 Å². The van der Waals surface area contributed by atoms with E-state index < -0.39 is 6.10 Å². The summed E-state index contributed by atoms with van der Waals surface area (Å²) in [4.78, 5) is 0. The van der Waals surface area contributed by atoms with Gasteiger partial charge in [-0.2, -0.15) is 0 Å². The van der Waals surface area contributed by atoms with Gasteiger partial charge in [-0.25, -0.2) is 4.39 Å². The molecule has 1 unspecified atom stereocenters. The first-order valence-corrected chi connectivity index (χ1v) is 7.24. The van der Waals surface area contributed by atoms with E-state index in [1.54, 1.807) is 18.2 Å². The molecule has 0 amide bonds. The summed E-state index contributed by atoms with van der Waals surface area (Å²) in [5, 5.41) is 10.1. The lowest BCUT2D eigenvalue weighted by Gasteiger charge is -2.12. The van der Waals surface area contributed by atoms with Crippen LogP contribution in [0, 0.1) is 5.82 Å². The predicted octanol–water partition coefficient (Wildman–Crippen LogP) is 3.76. The second-order valence-corrected chi connectivity index (χ2v) is 5.17. The molecule has 0 aliphatic carbocycles. The maximum absolute atomic E-state index is 14.0. The van der Waals surface area contributed by atoms with Crippen molar-refractivity contribution < 1.29 is 14.2 Å². The Morgan fingerprint density at radius 1 is 1.10 bits per heavy atom. The number of hydrogen-bond acceptors (Lipinski definition) is 2. The zero-order valence-electron chi connectivity index (χ0n) is 12.3. The molecule has 0 saturated heterocycles. The molecule has 0 aliphatic heterocycles. The molecule has 0 saturated carbocycles. The molecule has 1 atom stereocenters. The van der Waals surface area contributed by atoms with Crippen molar-refractivity contribution in [1.82, 2.24) is 0 Å². The van der Waals surface area contributed by atoms with E-state index in [0.717, 1.165) is 12.8 Å². The maximum Gasteiger partial charge on any atom is 0.168 e. The van der Waals surface area contributed by atoms with E-state index in [1.807, 2.05) is 18.2 Å². The summed E-state index contributed by atoms with van der Waals surface area (Å²) < 4.78 is 18.9. The van der Waals surface area contributed by atoms with Crippen LogP contribution in [-0.4, -0.2) is 18.3 Å². The quantitative estimate of drug-likeness (QED) is 0.840. The molecule has 0 bridgehead atoms. The average Bonchev–Trinajstić information content (AvgIpc) is 2.50. The number of aliphatic hydroxyl groups is 1. The normalized spacial score (nSPS) is 12.1. The second kappa shape index (κ2) is 7.79. The van der Waals surface area contributed by atoms with E-state index in [2.05, 4.69) is 12.1 Å². The minimum atomic E-state index is -0.532. The van der Waals surface area contributed by atoms with Crippen molar-refractivity contribution in [2.75, 3.05) is 7.11 Å². The Hall–Kier alpha value is -1.87. The van der Waals surface area contributed by atoms with Gasteiger partial charge < -0.3 is 9.84 Å². The fourth-order valence-electron chi connectivity index (χ4n) is 2.41. The molecule has 21 heavy (non-hydrogen) atoms. The minimum Gasteiger partial charge on any atom is -0.494 e. The zero-order chi connectivity index (χ0) is 15.1. The summed E-state index contributed by atoms with van der Waals surface area (Å²) in [5.74, 6) is -0.147. The van der Waals surface area contributed by atoms with Crippen LogP contribution in [-0.2, 0) is 12.8 Å². The first-order chi connectivity index (χ1) is 10.2. The third-order valence-electron chi connectivity index (χ3n) is 3.56. The van der Waals surface area contributed by atoms with Gasteiger partial charge in [0.05, 0.1) is 13.2 Å². The summed E-state index contributed by atoms with van der Waals surface area (Å²) in [6, 6.07) is 15.2. The summed E-state index contributed by atoms with van der Waals surface area (Å²) in [6.45, 7) is 0. The molecule has 2 nitrogen and oxygen atoms in total. The SMILES string of the molecule is COc1cccc(CC(O)CCCc2ccccc2)c1F. The molecule has 112 valence electrons. The third-order valence-corrected chi connectivity index (χ3v) is 3.56. The van der Waals surface area contributed by atoms with Crippen molar-refractivity contribution in [3.05, 3.63) is 65.5 Å². The predicted molar refractivity (Wildman–Crippen MR) is 82.0 cm³/mol. The van der Waals surface area contributed by atoms with Crippen molar-refractivity contribution >= 4 is 0 Å². The Labute approximate surface area is 125 Å². The highest BCUT2D eigenvalue weighted by Gasteiger charge is 2.12. The fourth-order valence-corrected chi connectivity index (χ4v) is 2.41. The largest absolute Gasteiger partial charge is 0.494 e. The van der Waals surface area contributed by atoms with Crippen LogP contribution >= 0.6 is 0 Å². The van der Waals surface area contributed by atoms with Crippen molar-refractivity contribution in [2.45, 2.75) is 31.8 Å². The molecule has 0 fully saturated rings. The van der Waals surface area contributed by atoms with E-state index in [4.69, 9.17) is 4.74 Å². The van der Waals surface area contributed by atoms with Gasteiger partial charge in [0.25, 0.3) is 0 Å². The lowest BCUT2D eigenvalue weighted by atomic mass is 10.0. The number of benzene rings is 2. The van der Waals surface area contributed by atoms with E-state index >= 15 is 0 Å². The topological polar surface area (TPSA) is 29.5 Å². The Morgan fingerprint density at radius 2 is 1.86 bits per heavy atom. The van der Waals surface area contributed by atoms with Gasteiger partial charge in [0.15, 0.2) is 11.6 Å². The van der Waals surface area contributed by atoms with Crippen molar-refractivity contribution in [3.63, 3.8) is 0 Å². The van der Waals surface area contributed by atoms with Gasteiger partial charge in [0.2, 0.25) is 0 Å². The lowest BCUT2D eigenvalue weighted by molar-refractivity contribution is 0.161. The molecule has 2 aromatic rings. The lowest BCUT2D eigenvalue weighted by Crippen LogP contribution is -2.12. The van der Waals surface area contributed by atoms with Gasteiger partial charge >= 0.3 is 0 Å². The molecule has 3 heteroatoms. The molecule has 2 rings (SSSR count). The van der Waals surface area contributed by atoms with Crippen LogP contribution in [0.2, 0.25) is 0 Å². The van der Waals surface area contributed by atoms with Crippen molar-refractivity contribution in [3.8, 4) is 5.75 Å². The molecule has 2 aromatic carbocycles. The number of rotatable bonds is 7. The molecule has 1 N–H and O–H groups in total. The van der Waals surface area contributed by atoms with E-state index in [0.29, 0.717) is 18.4 Å². The highest BCUT2D eigenvalue weighted by molar-refractivity contribution is 5.31. The van der Waals surface area contributed by atoms with Crippen molar-refractivity contribution in [1.29, 1.82) is 0 Å². The van der Waals surface area contributed by atoms with Gasteiger partial charge in [-0.05, 0) is 36.5 Å². The first-order valence-electron chi connectivity index (χ1n) is 7.24. The van der Waals surface area contributed by atoms with Crippen LogP contribution in [0.15, 0.2) is 48.5 Å². The van der Waals surface area contributed by atoms with Gasteiger partial charge in [-0.3, -0.25) is 0 Å². The van der Waals surface area contributed by atoms with E-state index in [1.165, 1.54) is 12.7 Å². The highest BCUT2D eigenvalue weighted by atomic mass is 19.1. The smallest absolute Gasteiger partial charge is 0.168 e. The highest BCUT2D eigenvalue weighted by Crippen LogP contribution is 2.22. The van der Waals surface area contributed by atoms with Crippen LogP contribution in [0.25, 0.3) is 0 Å². The Balaban J connectivity index is 1.83. The summed E-state index contributed by atoms with van der Waals surface area (Å²) in [7, 11) is 1.44. The van der Waals surface area contributed by atoms with Gasteiger partial charge in [-0.1, -0.05) is 42.5 Å². The molecule has 0 heterocycles.